The lowest BCUT2D eigenvalue weighted by molar-refractivity contribution is -0.132. The van der Waals surface area contributed by atoms with Crippen molar-refractivity contribution in [2.75, 3.05) is 25.1 Å². The van der Waals surface area contributed by atoms with E-state index >= 15 is 0 Å². The summed E-state index contributed by atoms with van der Waals surface area (Å²) in [7, 11) is 1.63. The number of hydrogen-bond donors (Lipinski definition) is 1. The average molecular weight is 388 g/mol. The van der Waals surface area contributed by atoms with Crippen molar-refractivity contribution in [2.45, 2.75) is 12.8 Å². The number of methoxy groups -OCH3 is 1. The van der Waals surface area contributed by atoms with Crippen molar-refractivity contribution < 1.29 is 14.3 Å². The highest BCUT2D eigenvalue weighted by molar-refractivity contribution is 6.12. The van der Waals surface area contributed by atoms with Gasteiger partial charge in [-0.25, -0.2) is 0 Å². The van der Waals surface area contributed by atoms with Crippen LogP contribution in [-0.4, -0.2) is 32.0 Å². The predicted molar refractivity (Wildman–Crippen MR) is 114 cm³/mol. The molecule has 1 fully saturated rings. The highest BCUT2D eigenvalue weighted by Crippen LogP contribution is 2.31. The molecule has 1 aliphatic rings. The van der Waals surface area contributed by atoms with E-state index < -0.39 is 5.92 Å². The van der Waals surface area contributed by atoms with Gasteiger partial charge in [0.1, 0.15) is 11.7 Å². The molecule has 0 spiro atoms. The second-order valence-electron chi connectivity index (χ2n) is 7.22. The molecule has 1 unspecified atom stereocenters. The number of amides is 2. The van der Waals surface area contributed by atoms with E-state index in [4.69, 9.17) is 4.74 Å². The van der Waals surface area contributed by atoms with Crippen molar-refractivity contribution in [3.63, 3.8) is 0 Å². The number of carbonyl (C=O) groups excluding carboxylic acids is 2. The molecule has 0 radical (unpaired) electrons. The van der Waals surface area contributed by atoms with Crippen LogP contribution in [0.1, 0.15) is 12.0 Å². The van der Waals surface area contributed by atoms with Crippen LogP contribution in [0.3, 0.4) is 0 Å². The second kappa shape index (κ2) is 8.35. The van der Waals surface area contributed by atoms with Crippen molar-refractivity contribution in [1.29, 1.82) is 0 Å². The quantitative estimate of drug-likeness (QED) is 0.657. The van der Waals surface area contributed by atoms with Gasteiger partial charge in [-0.15, -0.1) is 0 Å². The lowest BCUT2D eigenvalue weighted by Gasteiger charge is -2.19. The van der Waals surface area contributed by atoms with Crippen LogP contribution >= 0.6 is 0 Å². The van der Waals surface area contributed by atoms with Crippen molar-refractivity contribution in [3.8, 4) is 5.75 Å². The number of benzene rings is 3. The molecule has 0 aliphatic carbocycles. The summed E-state index contributed by atoms with van der Waals surface area (Å²) in [6, 6.07) is 21.7. The molecule has 0 bridgehead atoms. The standard InChI is InChI=1S/C24H24N2O3/c1-29-19-11-9-17(10-12-19)13-15-25-23(27)21-14-16-26(24(21)28)22-8-4-6-18-5-2-3-7-20(18)22/h2-12,21H,13-16H2,1H3,(H,25,27). The molecule has 0 saturated carbocycles. The molecule has 1 saturated heterocycles. The lowest BCUT2D eigenvalue weighted by atomic mass is 10.1. The van der Waals surface area contributed by atoms with Gasteiger partial charge in [-0.05, 0) is 42.0 Å². The Hall–Kier alpha value is -3.34. The summed E-state index contributed by atoms with van der Waals surface area (Å²) in [5.41, 5.74) is 1.99. The van der Waals surface area contributed by atoms with E-state index in [9.17, 15) is 9.59 Å². The first kappa shape index (κ1) is 19.0. The molecule has 5 heteroatoms. The first-order valence-corrected chi connectivity index (χ1v) is 9.87. The minimum Gasteiger partial charge on any atom is -0.497 e. The zero-order chi connectivity index (χ0) is 20.2. The fraction of sp³-hybridized carbons (Fsp3) is 0.250. The summed E-state index contributed by atoms with van der Waals surface area (Å²) in [6.45, 7) is 1.06. The van der Waals surface area contributed by atoms with Crippen molar-refractivity contribution >= 4 is 28.3 Å². The number of ether oxygens (including phenoxy) is 1. The van der Waals surface area contributed by atoms with Crippen molar-refractivity contribution in [1.82, 2.24) is 5.32 Å². The van der Waals surface area contributed by atoms with Crippen molar-refractivity contribution in [2.24, 2.45) is 5.92 Å². The second-order valence-corrected chi connectivity index (χ2v) is 7.22. The number of carbonyl (C=O) groups is 2. The summed E-state index contributed by atoms with van der Waals surface area (Å²) in [5, 5.41) is 5.04. The molecule has 1 atom stereocenters. The molecule has 2 amide bonds. The molecule has 1 aliphatic heterocycles. The highest BCUT2D eigenvalue weighted by atomic mass is 16.5. The van der Waals surface area contributed by atoms with E-state index in [1.165, 1.54) is 0 Å². The van der Waals surface area contributed by atoms with Gasteiger partial charge in [0.2, 0.25) is 11.8 Å². The maximum absolute atomic E-state index is 12.9. The maximum atomic E-state index is 12.9. The molecule has 5 nitrogen and oxygen atoms in total. The Morgan fingerprint density at radius 2 is 1.83 bits per heavy atom. The van der Waals surface area contributed by atoms with Gasteiger partial charge >= 0.3 is 0 Å². The number of nitrogens with one attached hydrogen (secondary N) is 1. The summed E-state index contributed by atoms with van der Waals surface area (Å²) < 4.78 is 5.15. The average Bonchev–Trinajstić information content (AvgIpc) is 3.15. The summed E-state index contributed by atoms with van der Waals surface area (Å²) in [6.07, 6.45) is 1.25. The van der Waals surface area contributed by atoms with Crippen LogP contribution in [-0.2, 0) is 16.0 Å². The molecule has 3 aromatic carbocycles. The fourth-order valence-electron chi connectivity index (χ4n) is 3.85. The number of anilines is 1. The monoisotopic (exact) mass is 388 g/mol. The third-order valence-corrected chi connectivity index (χ3v) is 5.45. The van der Waals surface area contributed by atoms with Gasteiger partial charge in [-0.2, -0.15) is 0 Å². The zero-order valence-corrected chi connectivity index (χ0v) is 16.4. The van der Waals surface area contributed by atoms with Gasteiger partial charge < -0.3 is 15.0 Å². The summed E-state index contributed by atoms with van der Waals surface area (Å²) >= 11 is 0. The van der Waals surface area contributed by atoms with Gasteiger partial charge in [0.15, 0.2) is 0 Å². The topological polar surface area (TPSA) is 58.6 Å². The Labute approximate surface area is 170 Å². The molecule has 148 valence electrons. The van der Waals surface area contributed by atoms with Gasteiger partial charge in [0, 0.05) is 18.5 Å². The molecular formula is C24H24N2O3. The Bertz CT molecular complexity index is 1020. The number of nitrogens with zero attached hydrogens (tertiary/aromatic N) is 1. The van der Waals surface area contributed by atoms with Crippen LogP contribution in [0, 0.1) is 5.92 Å². The fourth-order valence-corrected chi connectivity index (χ4v) is 3.85. The molecule has 1 N–H and O–H groups in total. The van der Waals surface area contributed by atoms with Crippen LogP contribution in [0.25, 0.3) is 10.8 Å². The predicted octanol–water partition coefficient (Wildman–Crippen LogP) is 3.56. The van der Waals surface area contributed by atoms with Crippen LogP contribution in [0.2, 0.25) is 0 Å². The van der Waals surface area contributed by atoms with E-state index in [2.05, 4.69) is 5.32 Å². The number of rotatable bonds is 6. The smallest absolute Gasteiger partial charge is 0.239 e. The molecule has 0 aromatic heterocycles. The van der Waals surface area contributed by atoms with E-state index in [-0.39, 0.29) is 11.8 Å². The van der Waals surface area contributed by atoms with Gasteiger partial charge in [-0.1, -0.05) is 48.5 Å². The summed E-state index contributed by atoms with van der Waals surface area (Å²) in [4.78, 5) is 27.3. The van der Waals surface area contributed by atoms with Crippen LogP contribution in [0.4, 0.5) is 5.69 Å². The highest BCUT2D eigenvalue weighted by Gasteiger charge is 2.37. The SMILES string of the molecule is COc1ccc(CCNC(=O)C2CCN(c3cccc4ccccc34)C2=O)cc1. The van der Waals surface area contributed by atoms with Crippen LogP contribution in [0.5, 0.6) is 5.75 Å². The molecule has 4 rings (SSSR count). The molecule has 29 heavy (non-hydrogen) atoms. The third kappa shape index (κ3) is 3.94. The first-order chi connectivity index (χ1) is 14.2. The molecule has 1 heterocycles. The minimum absolute atomic E-state index is 0.122. The number of fused-ring (bicyclic) bond motifs is 1. The van der Waals surface area contributed by atoms with E-state index in [0.717, 1.165) is 27.8 Å². The van der Waals surface area contributed by atoms with Crippen molar-refractivity contribution in [3.05, 3.63) is 72.3 Å². The minimum atomic E-state index is -0.621. The van der Waals surface area contributed by atoms with E-state index in [1.807, 2.05) is 66.7 Å². The Morgan fingerprint density at radius 1 is 1.07 bits per heavy atom. The largest absolute Gasteiger partial charge is 0.497 e. The molecule has 3 aromatic rings. The summed E-state index contributed by atoms with van der Waals surface area (Å²) in [5.74, 6) is -0.123. The Kier molecular flexibility index (Phi) is 5.47. The van der Waals surface area contributed by atoms with E-state index in [0.29, 0.717) is 25.9 Å². The number of hydrogen-bond acceptors (Lipinski definition) is 3. The Balaban J connectivity index is 1.38. The normalized spacial score (nSPS) is 16.2. The van der Waals surface area contributed by atoms with Crippen LogP contribution < -0.4 is 15.0 Å². The van der Waals surface area contributed by atoms with Gasteiger partial charge in [-0.3, -0.25) is 9.59 Å². The van der Waals surface area contributed by atoms with Gasteiger partial charge in [0.25, 0.3) is 0 Å². The Morgan fingerprint density at radius 3 is 2.62 bits per heavy atom. The lowest BCUT2D eigenvalue weighted by Crippen LogP contribution is -2.37. The zero-order valence-electron chi connectivity index (χ0n) is 16.4. The third-order valence-electron chi connectivity index (χ3n) is 5.45. The molecular weight excluding hydrogens is 364 g/mol. The van der Waals surface area contributed by atoms with E-state index in [1.54, 1.807) is 12.0 Å². The maximum Gasteiger partial charge on any atom is 0.239 e. The van der Waals surface area contributed by atoms with Crippen LogP contribution in [0.15, 0.2) is 66.7 Å². The first-order valence-electron chi connectivity index (χ1n) is 9.87. The van der Waals surface area contributed by atoms with Gasteiger partial charge in [0.05, 0.1) is 12.8 Å².